The highest BCUT2D eigenvalue weighted by molar-refractivity contribution is 5.02. The van der Waals surface area contributed by atoms with Gasteiger partial charge in [0.2, 0.25) is 0 Å². The van der Waals surface area contributed by atoms with Crippen molar-refractivity contribution in [2.24, 2.45) is 5.92 Å². The average molecular weight is 291 g/mol. The Morgan fingerprint density at radius 3 is 2.67 bits per heavy atom. The summed E-state index contributed by atoms with van der Waals surface area (Å²) in [5.41, 5.74) is 0.892. The number of hydrogen-bond acceptors (Lipinski definition) is 3. The van der Waals surface area contributed by atoms with Crippen LogP contribution in [0.3, 0.4) is 0 Å². The van der Waals surface area contributed by atoms with Crippen LogP contribution < -0.4 is 10.9 Å². The number of aromatic nitrogens is 2. The molecule has 21 heavy (non-hydrogen) atoms. The van der Waals surface area contributed by atoms with Crippen molar-refractivity contribution in [2.75, 3.05) is 6.54 Å². The third-order valence-corrected chi connectivity index (χ3v) is 4.58. The minimum Gasteiger partial charge on any atom is -0.312 e. The monoisotopic (exact) mass is 291 g/mol. The highest BCUT2D eigenvalue weighted by Gasteiger charge is 2.24. The highest BCUT2D eigenvalue weighted by atomic mass is 16.1. The molecule has 118 valence electrons. The Hall–Kier alpha value is -1.16. The van der Waals surface area contributed by atoms with Gasteiger partial charge in [-0.15, -0.1) is 0 Å². The van der Waals surface area contributed by atoms with Crippen molar-refractivity contribution < 1.29 is 0 Å². The van der Waals surface area contributed by atoms with Crippen molar-refractivity contribution in [3.8, 4) is 0 Å². The van der Waals surface area contributed by atoms with Gasteiger partial charge < -0.3 is 5.32 Å². The van der Waals surface area contributed by atoms with Gasteiger partial charge in [-0.25, -0.2) is 4.98 Å². The van der Waals surface area contributed by atoms with E-state index in [0.29, 0.717) is 12.0 Å². The predicted octanol–water partition coefficient (Wildman–Crippen LogP) is 2.81. The Morgan fingerprint density at radius 2 is 2.05 bits per heavy atom. The zero-order valence-corrected chi connectivity index (χ0v) is 13.7. The molecule has 4 nitrogen and oxygen atoms in total. The van der Waals surface area contributed by atoms with Crippen molar-refractivity contribution in [1.29, 1.82) is 0 Å². The molecule has 1 N–H and O–H groups in total. The standard InChI is InChI=1S/C17H29N3O/c1-4-10-18-16(15-8-6-5-7-9-15)12-20-14(3)19-13(2)11-17(20)21/h11,15-16,18H,4-10,12H2,1-3H3. The summed E-state index contributed by atoms with van der Waals surface area (Å²) in [6.45, 7) is 7.78. The highest BCUT2D eigenvalue weighted by Crippen LogP contribution is 2.27. The maximum absolute atomic E-state index is 12.2. The van der Waals surface area contributed by atoms with Gasteiger partial charge >= 0.3 is 0 Å². The Labute approximate surface area is 128 Å². The first-order valence-corrected chi connectivity index (χ1v) is 8.40. The molecule has 1 saturated carbocycles. The third-order valence-electron chi connectivity index (χ3n) is 4.58. The summed E-state index contributed by atoms with van der Waals surface area (Å²) in [5, 5.41) is 3.67. The zero-order valence-electron chi connectivity index (χ0n) is 13.7. The van der Waals surface area contributed by atoms with E-state index in [1.54, 1.807) is 6.07 Å². The van der Waals surface area contributed by atoms with Crippen LogP contribution in [0.2, 0.25) is 0 Å². The summed E-state index contributed by atoms with van der Waals surface area (Å²) in [5.74, 6) is 1.53. The first-order chi connectivity index (χ1) is 10.1. The molecule has 0 amide bonds. The summed E-state index contributed by atoms with van der Waals surface area (Å²) in [7, 11) is 0. The number of nitrogens with one attached hydrogen (secondary N) is 1. The number of nitrogens with zero attached hydrogens (tertiary/aromatic N) is 2. The van der Waals surface area contributed by atoms with Crippen LogP contribution in [0.5, 0.6) is 0 Å². The Balaban J connectivity index is 2.15. The lowest BCUT2D eigenvalue weighted by Gasteiger charge is -2.32. The van der Waals surface area contributed by atoms with Crippen LogP contribution in [0.4, 0.5) is 0 Å². The van der Waals surface area contributed by atoms with Gasteiger partial charge in [-0.2, -0.15) is 0 Å². The second-order valence-corrected chi connectivity index (χ2v) is 6.35. The molecule has 4 heteroatoms. The lowest BCUT2D eigenvalue weighted by atomic mass is 9.83. The molecule has 0 aliphatic heterocycles. The minimum absolute atomic E-state index is 0.0825. The summed E-state index contributed by atoms with van der Waals surface area (Å²) in [6.07, 6.45) is 7.72. The molecule has 0 saturated heterocycles. The molecule has 1 aromatic heterocycles. The summed E-state index contributed by atoms with van der Waals surface area (Å²) < 4.78 is 1.84. The van der Waals surface area contributed by atoms with Crippen LogP contribution >= 0.6 is 0 Å². The normalized spacial score (nSPS) is 17.9. The molecule has 0 bridgehead atoms. The van der Waals surface area contributed by atoms with Crippen molar-refractivity contribution in [3.05, 3.63) is 27.9 Å². The van der Waals surface area contributed by atoms with E-state index in [4.69, 9.17) is 0 Å². The van der Waals surface area contributed by atoms with E-state index in [0.717, 1.165) is 31.0 Å². The summed E-state index contributed by atoms with van der Waals surface area (Å²) in [6, 6.07) is 2.04. The van der Waals surface area contributed by atoms with E-state index in [1.807, 2.05) is 18.4 Å². The van der Waals surface area contributed by atoms with Gasteiger partial charge in [-0.3, -0.25) is 9.36 Å². The first kappa shape index (κ1) is 16.2. The van der Waals surface area contributed by atoms with E-state index >= 15 is 0 Å². The van der Waals surface area contributed by atoms with Gasteiger partial charge in [-0.1, -0.05) is 26.2 Å². The average Bonchev–Trinajstić information content (AvgIpc) is 2.46. The van der Waals surface area contributed by atoms with Crippen LogP contribution in [0.15, 0.2) is 10.9 Å². The van der Waals surface area contributed by atoms with Crippen LogP contribution in [-0.2, 0) is 6.54 Å². The maximum atomic E-state index is 12.2. The van der Waals surface area contributed by atoms with Crippen LogP contribution in [0.25, 0.3) is 0 Å². The Bertz CT molecular complexity index is 503. The second-order valence-electron chi connectivity index (χ2n) is 6.35. The smallest absolute Gasteiger partial charge is 0.253 e. The Kier molecular flexibility index (Phi) is 5.97. The summed E-state index contributed by atoms with van der Waals surface area (Å²) in [4.78, 5) is 16.7. The van der Waals surface area contributed by atoms with Gasteiger partial charge in [0.05, 0.1) is 0 Å². The number of rotatable bonds is 6. The minimum atomic E-state index is 0.0825. The first-order valence-electron chi connectivity index (χ1n) is 8.40. The topological polar surface area (TPSA) is 46.9 Å². The maximum Gasteiger partial charge on any atom is 0.253 e. The van der Waals surface area contributed by atoms with E-state index < -0.39 is 0 Å². The quantitative estimate of drug-likeness (QED) is 0.876. The Morgan fingerprint density at radius 1 is 1.33 bits per heavy atom. The van der Waals surface area contributed by atoms with Crippen LogP contribution in [0.1, 0.15) is 57.0 Å². The molecule has 0 aromatic carbocycles. The fraction of sp³-hybridized carbons (Fsp3) is 0.765. The lowest BCUT2D eigenvalue weighted by molar-refractivity contribution is 0.245. The molecule has 1 aromatic rings. The zero-order chi connectivity index (χ0) is 15.2. The van der Waals surface area contributed by atoms with E-state index in [-0.39, 0.29) is 5.56 Å². The van der Waals surface area contributed by atoms with Crippen molar-refractivity contribution in [1.82, 2.24) is 14.9 Å². The molecule has 2 rings (SSSR count). The van der Waals surface area contributed by atoms with Gasteiger partial charge in [0.25, 0.3) is 5.56 Å². The van der Waals surface area contributed by atoms with Crippen LogP contribution in [-0.4, -0.2) is 22.1 Å². The molecule has 1 heterocycles. The SMILES string of the molecule is CCCNC(Cn1c(C)nc(C)cc1=O)C1CCCCC1. The molecule has 1 aliphatic carbocycles. The van der Waals surface area contributed by atoms with E-state index in [1.165, 1.54) is 32.1 Å². The molecule has 1 fully saturated rings. The molecule has 1 atom stereocenters. The van der Waals surface area contributed by atoms with Crippen LogP contribution in [0, 0.1) is 19.8 Å². The van der Waals surface area contributed by atoms with Gasteiger partial charge in [0, 0.05) is 24.3 Å². The third kappa shape index (κ3) is 4.40. The van der Waals surface area contributed by atoms with E-state index in [9.17, 15) is 4.79 Å². The molecular formula is C17H29N3O. The lowest BCUT2D eigenvalue weighted by Crippen LogP contribution is -2.43. The molecule has 0 radical (unpaired) electrons. The van der Waals surface area contributed by atoms with Gasteiger partial charge in [0.1, 0.15) is 5.82 Å². The molecule has 0 spiro atoms. The van der Waals surface area contributed by atoms with Crippen molar-refractivity contribution >= 4 is 0 Å². The number of hydrogen-bond donors (Lipinski definition) is 1. The second kappa shape index (κ2) is 7.74. The fourth-order valence-electron chi connectivity index (χ4n) is 3.43. The predicted molar refractivity (Wildman–Crippen MR) is 86.6 cm³/mol. The largest absolute Gasteiger partial charge is 0.312 e. The fourth-order valence-corrected chi connectivity index (χ4v) is 3.43. The van der Waals surface area contributed by atoms with Crippen molar-refractivity contribution in [3.63, 3.8) is 0 Å². The molecule has 1 aliphatic rings. The van der Waals surface area contributed by atoms with Crippen molar-refractivity contribution in [2.45, 2.75) is 71.9 Å². The number of aryl methyl sites for hydroxylation is 2. The molecular weight excluding hydrogens is 262 g/mol. The molecule has 1 unspecified atom stereocenters. The van der Waals surface area contributed by atoms with Gasteiger partial charge in [-0.05, 0) is 45.6 Å². The summed E-state index contributed by atoms with van der Waals surface area (Å²) >= 11 is 0. The van der Waals surface area contributed by atoms with E-state index in [2.05, 4.69) is 17.2 Å². The van der Waals surface area contributed by atoms with Gasteiger partial charge in [0.15, 0.2) is 0 Å².